The van der Waals surface area contributed by atoms with E-state index >= 15 is 0 Å². The molecule has 1 fully saturated rings. The number of anilines is 1. The largest absolute Gasteiger partial charge is 0.374 e. The molecule has 7 nitrogen and oxygen atoms in total. The molecule has 0 unspecified atom stereocenters. The van der Waals surface area contributed by atoms with Crippen LogP contribution in [0.4, 0.5) is 10.7 Å². The number of hydrogen-bond acceptors (Lipinski definition) is 6. The summed E-state index contributed by atoms with van der Waals surface area (Å²) in [6.45, 7) is 2.16. The summed E-state index contributed by atoms with van der Waals surface area (Å²) in [6, 6.07) is 1.19. The van der Waals surface area contributed by atoms with Gasteiger partial charge in [-0.25, -0.2) is 8.42 Å². The Labute approximate surface area is 115 Å². The molecule has 1 heterocycles. The van der Waals surface area contributed by atoms with E-state index in [4.69, 9.17) is 0 Å². The highest BCUT2D eigenvalue weighted by molar-refractivity contribution is 7.91. The van der Waals surface area contributed by atoms with E-state index in [0.717, 1.165) is 30.2 Å². The molecule has 0 saturated heterocycles. The Hall–Kier alpha value is -1.19. The first-order chi connectivity index (χ1) is 8.91. The van der Waals surface area contributed by atoms with Crippen molar-refractivity contribution in [1.82, 2.24) is 4.31 Å². The first kappa shape index (κ1) is 14.2. The molecule has 19 heavy (non-hydrogen) atoms. The van der Waals surface area contributed by atoms with E-state index < -0.39 is 14.9 Å². The lowest BCUT2D eigenvalue weighted by atomic mass is 10.5. The van der Waals surface area contributed by atoms with Crippen LogP contribution >= 0.6 is 11.3 Å². The number of thiophene rings is 1. The SMILES string of the molecule is CCN(C1CC1)S(=O)(=O)c1cc([N+](=O)[O-])c(NC)s1. The fourth-order valence-electron chi connectivity index (χ4n) is 1.90. The molecule has 0 aliphatic heterocycles. The van der Waals surface area contributed by atoms with Gasteiger partial charge >= 0.3 is 5.69 Å². The Morgan fingerprint density at radius 1 is 1.58 bits per heavy atom. The zero-order valence-corrected chi connectivity index (χ0v) is 12.3. The van der Waals surface area contributed by atoms with Gasteiger partial charge in [0, 0.05) is 25.7 Å². The average Bonchev–Trinajstić information content (AvgIpc) is 3.06. The molecule has 0 aromatic carbocycles. The van der Waals surface area contributed by atoms with Crippen molar-refractivity contribution in [2.45, 2.75) is 30.0 Å². The minimum Gasteiger partial charge on any atom is -0.374 e. The Morgan fingerprint density at radius 3 is 2.58 bits per heavy atom. The molecule has 1 saturated carbocycles. The second-order valence-corrected chi connectivity index (χ2v) is 7.40. The molecule has 1 aromatic heterocycles. The van der Waals surface area contributed by atoms with Crippen LogP contribution in [0.15, 0.2) is 10.3 Å². The Balaban J connectivity index is 2.42. The van der Waals surface area contributed by atoms with E-state index in [1.54, 1.807) is 6.92 Å². The fourth-order valence-corrected chi connectivity index (χ4v) is 5.01. The number of hydrogen-bond donors (Lipinski definition) is 1. The maximum atomic E-state index is 12.4. The van der Waals surface area contributed by atoms with E-state index in [1.165, 1.54) is 11.4 Å². The topological polar surface area (TPSA) is 92.5 Å². The fraction of sp³-hybridized carbons (Fsp3) is 0.600. The number of nitrogens with one attached hydrogen (secondary N) is 1. The maximum Gasteiger partial charge on any atom is 0.304 e. The van der Waals surface area contributed by atoms with Crippen molar-refractivity contribution < 1.29 is 13.3 Å². The predicted octanol–water partition coefficient (Wildman–Crippen LogP) is 1.87. The van der Waals surface area contributed by atoms with Gasteiger partial charge in [-0.2, -0.15) is 4.31 Å². The molecule has 0 atom stereocenters. The summed E-state index contributed by atoms with van der Waals surface area (Å²) in [7, 11) is -2.09. The van der Waals surface area contributed by atoms with Crippen molar-refractivity contribution >= 4 is 32.0 Å². The molecule has 1 aliphatic rings. The van der Waals surface area contributed by atoms with Gasteiger partial charge in [0.15, 0.2) is 5.00 Å². The highest BCUT2D eigenvalue weighted by Gasteiger charge is 2.39. The monoisotopic (exact) mass is 305 g/mol. The van der Waals surface area contributed by atoms with Crippen LogP contribution in [0, 0.1) is 10.1 Å². The van der Waals surface area contributed by atoms with Gasteiger partial charge in [0.25, 0.3) is 10.0 Å². The van der Waals surface area contributed by atoms with E-state index in [0.29, 0.717) is 6.54 Å². The van der Waals surface area contributed by atoms with E-state index in [2.05, 4.69) is 5.32 Å². The van der Waals surface area contributed by atoms with Gasteiger partial charge in [-0.15, -0.1) is 0 Å². The number of nitrogens with zero attached hydrogens (tertiary/aromatic N) is 2. The molecule has 1 aromatic rings. The third-order valence-electron chi connectivity index (χ3n) is 2.94. The zero-order chi connectivity index (χ0) is 14.2. The summed E-state index contributed by atoms with van der Waals surface area (Å²) >= 11 is 0.901. The van der Waals surface area contributed by atoms with Crippen molar-refractivity contribution in [2.24, 2.45) is 0 Å². The van der Waals surface area contributed by atoms with Crippen LogP contribution in [0.5, 0.6) is 0 Å². The highest BCUT2D eigenvalue weighted by atomic mass is 32.2. The lowest BCUT2D eigenvalue weighted by molar-refractivity contribution is -0.383. The maximum absolute atomic E-state index is 12.4. The van der Waals surface area contributed by atoms with E-state index in [1.807, 2.05) is 0 Å². The van der Waals surface area contributed by atoms with Gasteiger partial charge in [-0.3, -0.25) is 10.1 Å². The average molecular weight is 305 g/mol. The van der Waals surface area contributed by atoms with Crippen LogP contribution in [0.2, 0.25) is 0 Å². The van der Waals surface area contributed by atoms with Crippen LogP contribution in [0.1, 0.15) is 19.8 Å². The van der Waals surface area contributed by atoms with Gasteiger partial charge in [-0.05, 0) is 12.8 Å². The van der Waals surface area contributed by atoms with Gasteiger partial charge < -0.3 is 5.32 Å². The molecule has 2 rings (SSSR count). The molecular weight excluding hydrogens is 290 g/mol. The van der Waals surface area contributed by atoms with Crippen LogP contribution in [0.3, 0.4) is 0 Å². The first-order valence-electron chi connectivity index (χ1n) is 5.89. The quantitative estimate of drug-likeness (QED) is 0.640. The third-order valence-corrected chi connectivity index (χ3v) is 6.56. The lowest BCUT2D eigenvalue weighted by Crippen LogP contribution is -2.32. The van der Waals surface area contributed by atoms with Crippen LogP contribution in [-0.4, -0.2) is 37.3 Å². The number of sulfonamides is 1. The van der Waals surface area contributed by atoms with E-state index in [-0.39, 0.29) is 20.9 Å². The Kier molecular flexibility index (Phi) is 3.79. The van der Waals surface area contributed by atoms with E-state index in [9.17, 15) is 18.5 Å². The normalized spacial score (nSPS) is 15.7. The number of rotatable bonds is 6. The van der Waals surface area contributed by atoms with Crippen LogP contribution in [-0.2, 0) is 10.0 Å². The van der Waals surface area contributed by atoms with Gasteiger partial charge in [0.2, 0.25) is 0 Å². The highest BCUT2D eigenvalue weighted by Crippen LogP contribution is 2.40. The molecular formula is C10H15N3O4S2. The molecule has 0 bridgehead atoms. The Morgan fingerprint density at radius 2 is 2.21 bits per heavy atom. The summed E-state index contributed by atoms with van der Waals surface area (Å²) in [6.07, 6.45) is 1.72. The predicted molar refractivity (Wildman–Crippen MR) is 73.1 cm³/mol. The van der Waals surface area contributed by atoms with Crippen molar-refractivity contribution in [2.75, 3.05) is 18.9 Å². The number of nitro groups is 1. The van der Waals surface area contributed by atoms with Gasteiger partial charge in [-0.1, -0.05) is 18.3 Å². The molecule has 0 radical (unpaired) electrons. The molecule has 106 valence electrons. The molecule has 0 amide bonds. The smallest absolute Gasteiger partial charge is 0.304 e. The van der Waals surface area contributed by atoms with Crippen LogP contribution in [0.25, 0.3) is 0 Å². The minimum atomic E-state index is -3.63. The van der Waals surface area contributed by atoms with Crippen molar-refractivity contribution in [3.05, 3.63) is 16.2 Å². The van der Waals surface area contributed by atoms with Gasteiger partial charge in [0.1, 0.15) is 4.21 Å². The standard InChI is InChI=1S/C10H15N3O4S2/c1-3-12(7-4-5-7)19(16,17)9-6-8(13(14)15)10(11-2)18-9/h6-7,11H,3-5H2,1-2H3. The Bertz CT molecular complexity index is 592. The van der Waals surface area contributed by atoms with Crippen molar-refractivity contribution in [1.29, 1.82) is 0 Å². The summed E-state index contributed by atoms with van der Waals surface area (Å²) in [5, 5.41) is 13.8. The van der Waals surface area contributed by atoms with Crippen molar-refractivity contribution in [3.8, 4) is 0 Å². The summed E-state index contributed by atoms with van der Waals surface area (Å²) in [5.74, 6) is 0. The lowest BCUT2D eigenvalue weighted by Gasteiger charge is -2.18. The zero-order valence-electron chi connectivity index (χ0n) is 10.6. The first-order valence-corrected chi connectivity index (χ1v) is 8.15. The molecule has 1 aliphatic carbocycles. The summed E-state index contributed by atoms with van der Waals surface area (Å²) < 4.78 is 26.3. The second kappa shape index (κ2) is 5.06. The summed E-state index contributed by atoms with van der Waals surface area (Å²) in [4.78, 5) is 10.3. The third kappa shape index (κ3) is 2.58. The van der Waals surface area contributed by atoms with Gasteiger partial charge in [0.05, 0.1) is 4.92 Å². The van der Waals surface area contributed by atoms with Crippen molar-refractivity contribution in [3.63, 3.8) is 0 Å². The minimum absolute atomic E-state index is 0.0253. The van der Waals surface area contributed by atoms with Crippen LogP contribution < -0.4 is 5.32 Å². The molecule has 9 heteroatoms. The second-order valence-electron chi connectivity index (χ2n) is 4.23. The summed E-state index contributed by atoms with van der Waals surface area (Å²) in [5.41, 5.74) is -0.196. The molecule has 1 N–H and O–H groups in total. The molecule has 0 spiro atoms.